The summed E-state index contributed by atoms with van der Waals surface area (Å²) in [5, 5.41) is 5.14. The van der Waals surface area contributed by atoms with Gasteiger partial charge in [-0.05, 0) is 19.9 Å². The van der Waals surface area contributed by atoms with E-state index in [-0.39, 0.29) is 5.91 Å². The Morgan fingerprint density at radius 1 is 1.41 bits per heavy atom. The van der Waals surface area contributed by atoms with Gasteiger partial charge in [0.1, 0.15) is 0 Å². The number of carbonyl (C=O) groups is 1. The van der Waals surface area contributed by atoms with Gasteiger partial charge in [0.05, 0.1) is 24.1 Å². The number of amides is 1. The topological polar surface area (TPSA) is 69.0 Å². The Kier molecular flexibility index (Phi) is 2.81. The van der Waals surface area contributed by atoms with Crippen LogP contribution >= 0.6 is 0 Å². The standard InChI is InChI=1S/C11H14N4O2/c1-6-9(11(16)14-17-4)5-8-7(2)13-15(3)10(8)12-6/h5H,1-4H3,(H,14,16). The van der Waals surface area contributed by atoms with Crippen molar-refractivity contribution in [2.75, 3.05) is 7.11 Å². The van der Waals surface area contributed by atoms with Gasteiger partial charge in [-0.1, -0.05) is 0 Å². The number of rotatable bonds is 2. The molecule has 0 radical (unpaired) electrons. The average molecular weight is 234 g/mol. The summed E-state index contributed by atoms with van der Waals surface area (Å²) in [6, 6.07) is 1.79. The van der Waals surface area contributed by atoms with Gasteiger partial charge in [-0.15, -0.1) is 0 Å². The molecule has 6 heteroatoms. The van der Waals surface area contributed by atoms with Crippen LogP contribution in [0.5, 0.6) is 0 Å². The van der Waals surface area contributed by atoms with Gasteiger partial charge in [0.25, 0.3) is 5.91 Å². The Labute approximate surface area is 98.5 Å². The van der Waals surface area contributed by atoms with Gasteiger partial charge < -0.3 is 0 Å². The van der Waals surface area contributed by atoms with Crippen LogP contribution in [0.15, 0.2) is 6.07 Å². The van der Waals surface area contributed by atoms with Crippen LogP contribution in [0.1, 0.15) is 21.7 Å². The monoisotopic (exact) mass is 234 g/mol. The molecule has 0 bridgehead atoms. The van der Waals surface area contributed by atoms with Crippen LogP contribution in [0.3, 0.4) is 0 Å². The summed E-state index contributed by atoms with van der Waals surface area (Å²) in [6.07, 6.45) is 0. The maximum Gasteiger partial charge on any atom is 0.276 e. The molecule has 90 valence electrons. The molecule has 0 saturated carbocycles. The number of aromatic nitrogens is 3. The molecule has 2 heterocycles. The number of nitrogens with one attached hydrogen (secondary N) is 1. The molecular formula is C11H14N4O2. The number of hydrogen-bond donors (Lipinski definition) is 1. The first-order chi connectivity index (χ1) is 8.04. The smallest absolute Gasteiger partial charge is 0.276 e. The molecule has 0 aliphatic heterocycles. The van der Waals surface area contributed by atoms with Gasteiger partial charge in [0.2, 0.25) is 0 Å². The van der Waals surface area contributed by atoms with Crippen LogP contribution in [0, 0.1) is 13.8 Å². The maximum absolute atomic E-state index is 11.7. The van der Waals surface area contributed by atoms with Crippen LogP contribution in [-0.4, -0.2) is 27.8 Å². The van der Waals surface area contributed by atoms with E-state index in [1.165, 1.54) is 7.11 Å². The minimum atomic E-state index is -0.303. The zero-order valence-corrected chi connectivity index (χ0v) is 10.2. The van der Waals surface area contributed by atoms with Crippen molar-refractivity contribution < 1.29 is 9.63 Å². The van der Waals surface area contributed by atoms with E-state index in [1.54, 1.807) is 17.7 Å². The Hall–Kier alpha value is -1.95. The van der Waals surface area contributed by atoms with Gasteiger partial charge in [0.15, 0.2) is 5.65 Å². The SMILES string of the molecule is CONC(=O)c1cc2c(C)nn(C)c2nc1C. The van der Waals surface area contributed by atoms with Crippen molar-refractivity contribution in [2.24, 2.45) is 7.05 Å². The highest BCUT2D eigenvalue weighted by Gasteiger charge is 2.14. The number of carbonyl (C=O) groups excluding carboxylic acids is 1. The van der Waals surface area contributed by atoms with Gasteiger partial charge in [-0.2, -0.15) is 5.10 Å². The fourth-order valence-corrected chi connectivity index (χ4v) is 1.81. The molecule has 2 aromatic heterocycles. The van der Waals surface area contributed by atoms with Crippen molar-refractivity contribution in [1.29, 1.82) is 0 Å². The van der Waals surface area contributed by atoms with Crippen LogP contribution in [-0.2, 0) is 11.9 Å². The van der Waals surface area contributed by atoms with Crippen molar-refractivity contribution in [3.05, 3.63) is 23.0 Å². The molecule has 0 aliphatic rings. The molecule has 17 heavy (non-hydrogen) atoms. The highest BCUT2D eigenvalue weighted by Crippen LogP contribution is 2.19. The summed E-state index contributed by atoms with van der Waals surface area (Å²) in [4.78, 5) is 20.7. The lowest BCUT2D eigenvalue weighted by Gasteiger charge is -2.05. The van der Waals surface area contributed by atoms with Crippen LogP contribution < -0.4 is 5.48 Å². The number of pyridine rings is 1. The number of nitrogens with zero attached hydrogens (tertiary/aromatic N) is 3. The normalized spacial score (nSPS) is 10.8. The van der Waals surface area contributed by atoms with E-state index in [9.17, 15) is 4.79 Å². The van der Waals surface area contributed by atoms with E-state index in [4.69, 9.17) is 0 Å². The minimum Gasteiger partial charge on any atom is -0.277 e. The summed E-state index contributed by atoms with van der Waals surface area (Å²) in [5.74, 6) is -0.303. The molecule has 0 fully saturated rings. The van der Waals surface area contributed by atoms with E-state index in [0.717, 1.165) is 16.7 Å². The molecule has 6 nitrogen and oxygen atoms in total. The maximum atomic E-state index is 11.7. The van der Waals surface area contributed by atoms with Crippen LogP contribution in [0.2, 0.25) is 0 Å². The van der Waals surface area contributed by atoms with Crippen LogP contribution in [0.25, 0.3) is 11.0 Å². The first-order valence-corrected chi connectivity index (χ1v) is 5.19. The molecule has 1 amide bonds. The minimum absolute atomic E-state index is 0.303. The molecule has 0 aromatic carbocycles. The largest absolute Gasteiger partial charge is 0.277 e. The second-order valence-electron chi connectivity index (χ2n) is 3.84. The van der Waals surface area contributed by atoms with Gasteiger partial charge in [-0.25, -0.2) is 10.5 Å². The van der Waals surface area contributed by atoms with Crippen molar-refractivity contribution in [3.8, 4) is 0 Å². The van der Waals surface area contributed by atoms with Crippen LogP contribution in [0.4, 0.5) is 0 Å². The fourth-order valence-electron chi connectivity index (χ4n) is 1.81. The Bertz CT molecular complexity index is 589. The van der Waals surface area contributed by atoms with E-state index in [0.29, 0.717) is 11.3 Å². The quantitative estimate of drug-likeness (QED) is 0.783. The second kappa shape index (κ2) is 4.14. The molecule has 2 rings (SSSR count). The van der Waals surface area contributed by atoms with Crippen molar-refractivity contribution >= 4 is 16.9 Å². The lowest BCUT2D eigenvalue weighted by molar-refractivity contribution is 0.0536. The summed E-state index contributed by atoms with van der Waals surface area (Å²) in [7, 11) is 3.23. The molecule has 0 aliphatic carbocycles. The predicted octanol–water partition coefficient (Wildman–Crippen LogP) is 0.876. The molecular weight excluding hydrogens is 220 g/mol. The van der Waals surface area contributed by atoms with Gasteiger partial charge >= 0.3 is 0 Å². The average Bonchev–Trinajstić information content (AvgIpc) is 2.53. The molecule has 0 spiro atoms. The number of fused-ring (bicyclic) bond motifs is 1. The lowest BCUT2D eigenvalue weighted by Crippen LogP contribution is -2.23. The van der Waals surface area contributed by atoms with E-state index in [1.807, 2.05) is 14.0 Å². The Balaban J connectivity index is 2.62. The van der Waals surface area contributed by atoms with Crippen molar-refractivity contribution in [2.45, 2.75) is 13.8 Å². The molecule has 1 N–H and O–H groups in total. The summed E-state index contributed by atoms with van der Waals surface area (Å²) < 4.78 is 1.70. The van der Waals surface area contributed by atoms with Crippen molar-refractivity contribution in [3.63, 3.8) is 0 Å². The number of aryl methyl sites for hydroxylation is 3. The third-order valence-corrected chi connectivity index (χ3v) is 2.63. The molecule has 2 aromatic rings. The lowest BCUT2D eigenvalue weighted by atomic mass is 10.1. The Morgan fingerprint density at radius 2 is 2.12 bits per heavy atom. The first-order valence-electron chi connectivity index (χ1n) is 5.19. The highest BCUT2D eigenvalue weighted by atomic mass is 16.6. The van der Waals surface area contributed by atoms with Crippen molar-refractivity contribution in [1.82, 2.24) is 20.2 Å². The summed E-state index contributed by atoms with van der Waals surface area (Å²) >= 11 is 0. The van der Waals surface area contributed by atoms with Gasteiger partial charge in [0, 0.05) is 12.4 Å². The predicted molar refractivity (Wildman–Crippen MR) is 62.5 cm³/mol. The molecule has 0 atom stereocenters. The first kappa shape index (κ1) is 11.5. The summed E-state index contributed by atoms with van der Waals surface area (Å²) in [5.41, 5.74) is 5.05. The molecule has 0 saturated heterocycles. The third-order valence-electron chi connectivity index (χ3n) is 2.63. The Morgan fingerprint density at radius 3 is 2.76 bits per heavy atom. The van der Waals surface area contributed by atoms with E-state index >= 15 is 0 Å². The zero-order valence-electron chi connectivity index (χ0n) is 10.2. The number of hydrogen-bond acceptors (Lipinski definition) is 4. The summed E-state index contributed by atoms with van der Waals surface area (Å²) in [6.45, 7) is 3.67. The number of hydroxylamine groups is 1. The third kappa shape index (κ3) is 1.87. The van der Waals surface area contributed by atoms with Gasteiger partial charge in [-0.3, -0.25) is 14.3 Å². The zero-order chi connectivity index (χ0) is 12.6. The highest BCUT2D eigenvalue weighted by molar-refractivity contribution is 5.98. The fraction of sp³-hybridized carbons (Fsp3) is 0.364. The van der Waals surface area contributed by atoms with E-state index in [2.05, 4.69) is 20.4 Å². The van der Waals surface area contributed by atoms with E-state index < -0.39 is 0 Å². The molecule has 0 unspecified atom stereocenters. The second-order valence-corrected chi connectivity index (χ2v) is 3.84.